The Labute approximate surface area is 159 Å². The van der Waals surface area contributed by atoms with Gasteiger partial charge in [-0.15, -0.1) is 11.3 Å². The molecular formula is C18H16N6S2. The second-order valence-electron chi connectivity index (χ2n) is 5.64. The van der Waals surface area contributed by atoms with Gasteiger partial charge in [-0.1, -0.05) is 0 Å². The highest BCUT2D eigenvalue weighted by Gasteiger charge is 2.14. The van der Waals surface area contributed by atoms with Gasteiger partial charge in [0.1, 0.15) is 10.7 Å². The number of aryl methyl sites for hydroxylation is 1. The summed E-state index contributed by atoms with van der Waals surface area (Å²) in [5, 5.41) is 10.4. The second kappa shape index (κ2) is 7.67. The van der Waals surface area contributed by atoms with Gasteiger partial charge in [0.25, 0.3) is 0 Å². The summed E-state index contributed by atoms with van der Waals surface area (Å²) in [5.41, 5.74) is 4.91. The van der Waals surface area contributed by atoms with Crippen LogP contribution in [0.5, 0.6) is 0 Å². The lowest BCUT2D eigenvalue weighted by Crippen LogP contribution is -2.09. The molecule has 4 aromatic rings. The minimum Gasteiger partial charge on any atom is -0.354 e. The number of anilines is 1. The van der Waals surface area contributed by atoms with E-state index in [4.69, 9.17) is 4.98 Å². The van der Waals surface area contributed by atoms with Gasteiger partial charge in [0.15, 0.2) is 0 Å². The second-order valence-corrected chi connectivity index (χ2v) is 7.27. The van der Waals surface area contributed by atoms with Crippen LogP contribution in [0.3, 0.4) is 0 Å². The standard InChI is InChI=1S/C18H16N6S2/c1-12-10-26-17(23-12)16-15(13-3-7-25-11-13)9-22-18(24-16)21-4-2-14-8-19-5-6-20-14/h3,5-11H,2,4H2,1H3,(H,21,22,24). The normalized spacial score (nSPS) is 10.8. The highest BCUT2D eigenvalue weighted by atomic mass is 32.1. The first-order chi connectivity index (χ1) is 12.8. The highest BCUT2D eigenvalue weighted by Crippen LogP contribution is 2.33. The molecule has 130 valence electrons. The van der Waals surface area contributed by atoms with Crippen molar-refractivity contribution in [3.8, 4) is 21.8 Å². The number of nitrogens with one attached hydrogen (secondary N) is 1. The molecule has 0 bridgehead atoms. The minimum absolute atomic E-state index is 0.593. The average molecular weight is 381 g/mol. The Morgan fingerprint density at radius 1 is 1.08 bits per heavy atom. The number of nitrogens with zero attached hydrogens (tertiary/aromatic N) is 5. The smallest absolute Gasteiger partial charge is 0.223 e. The molecule has 0 fully saturated rings. The first kappa shape index (κ1) is 16.7. The molecule has 0 aliphatic rings. The lowest BCUT2D eigenvalue weighted by molar-refractivity contribution is 0.926. The van der Waals surface area contributed by atoms with E-state index < -0.39 is 0 Å². The Bertz CT molecular complexity index is 982. The summed E-state index contributed by atoms with van der Waals surface area (Å²) in [6.45, 7) is 2.68. The third kappa shape index (κ3) is 3.76. The summed E-state index contributed by atoms with van der Waals surface area (Å²) in [7, 11) is 0. The van der Waals surface area contributed by atoms with Gasteiger partial charge in [0.05, 0.1) is 5.69 Å². The van der Waals surface area contributed by atoms with Crippen LogP contribution in [0.15, 0.2) is 47.0 Å². The molecule has 0 aliphatic carbocycles. The molecule has 4 heterocycles. The summed E-state index contributed by atoms with van der Waals surface area (Å²) >= 11 is 3.26. The Morgan fingerprint density at radius 3 is 2.77 bits per heavy atom. The molecular weight excluding hydrogens is 364 g/mol. The first-order valence-corrected chi connectivity index (χ1v) is 9.93. The summed E-state index contributed by atoms with van der Waals surface area (Å²) in [4.78, 5) is 22.2. The van der Waals surface area contributed by atoms with Crippen molar-refractivity contribution in [2.24, 2.45) is 0 Å². The van der Waals surface area contributed by atoms with E-state index in [0.29, 0.717) is 12.5 Å². The van der Waals surface area contributed by atoms with Crippen LogP contribution in [0.4, 0.5) is 5.95 Å². The Kier molecular flexibility index (Phi) is 4.94. The zero-order valence-electron chi connectivity index (χ0n) is 14.1. The lowest BCUT2D eigenvalue weighted by atomic mass is 10.1. The van der Waals surface area contributed by atoms with Crippen molar-refractivity contribution in [3.05, 3.63) is 58.4 Å². The predicted molar refractivity (Wildman–Crippen MR) is 105 cm³/mol. The Morgan fingerprint density at radius 2 is 2.04 bits per heavy atom. The van der Waals surface area contributed by atoms with Crippen molar-refractivity contribution < 1.29 is 0 Å². The van der Waals surface area contributed by atoms with Crippen LogP contribution in [0.25, 0.3) is 21.8 Å². The molecule has 4 aromatic heterocycles. The fourth-order valence-corrected chi connectivity index (χ4v) is 3.94. The molecule has 0 amide bonds. The van der Waals surface area contributed by atoms with Crippen LogP contribution in [-0.2, 0) is 6.42 Å². The van der Waals surface area contributed by atoms with E-state index in [9.17, 15) is 0 Å². The maximum atomic E-state index is 4.74. The van der Waals surface area contributed by atoms with Gasteiger partial charge in [0, 0.05) is 54.4 Å². The van der Waals surface area contributed by atoms with Gasteiger partial charge >= 0.3 is 0 Å². The quantitative estimate of drug-likeness (QED) is 0.543. The largest absolute Gasteiger partial charge is 0.354 e. The molecule has 1 N–H and O–H groups in total. The van der Waals surface area contributed by atoms with Crippen LogP contribution in [-0.4, -0.2) is 31.5 Å². The van der Waals surface area contributed by atoms with Crippen LogP contribution < -0.4 is 5.32 Å². The Balaban J connectivity index is 1.59. The molecule has 0 saturated carbocycles. The molecule has 0 radical (unpaired) electrons. The first-order valence-electron chi connectivity index (χ1n) is 8.10. The van der Waals surface area contributed by atoms with Gasteiger partial charge in [-0.05, 0) is 29.3 Å². The summed E-state index contributed by atoms with van der Waals surface area (Å²) in [5.74, 6) is 0.593. The van der Waals surface area contributed by atoms with E-state index in [1.807, 2.05) is 18.5 Å². The maximum absolute atomic E-state index is 4.74. The lowest BCUT2D eigenvalue weighted by Gasteiger charge is -2.09. The zero-order chi connectivity index (χ0) is 17.8. The fourth-order valence-electron chi connectivity index (χ4n) is 2.48. The number of thiazole rings is 1. The number of thiophene rings is 1. The van der Waals surface area contributed by atoms with Crippen molar-refractivity contribution in [2.45, 2.75) is 13.3 Å². The van der Waals surface area contributed by atoms with Gasteiger partial charge in [-0.2, -0.15) is 11.3 Å². The van der Waals surface area contributed by atoms with Gasteiger partial charge in [0.2, 0.25) is 5.95 Å². The molecule has 8 heteroatoms. The molecule has 4 rings (SSSR count). The van der Waals surface area contributed by atoms with E-state index >= 15 is 0 Å². The summed E-state index contributed by atoms with van der Waals surface area (Å²) in [6.07, 6.45) is 7.77. The van der Waals surface area contributed by atoms with Crippen molar-refractivity contribution >= 4 is 28.6 Å². The van der Waals surface area contributed by atoms with Crippen molar-refractivity contribution in [1.29, 1.82) is 0 Å². The maximum Gasteiger partial charge on any atom is 0.223 e. The Hall–Kier alpha value is -2.71. The molecule has 0 aliphatic heterocycles. The minimum atomic E-state index is 0.593. The van der Waals surface area contributed by atoms with Crippen molar-refractivity contribution in [3.63, 3.8) is 0 Å². The molecule has 0 spiro atoms. The monoisotopic (exact) mass is 380 g/mol. The fraction of sp³-hybridized carbons (Fsp3) is 0.167. The number of aromatic nitrogens is 5. The van der Waals surface area contributed by atoms with Crippen molar-refractivity contribution in [1.82, 2.24) is 24.9 Å². The summed E-state index contributed by atoms with van der Waals surface area (Å²) < 4.78 is 0. The molecule has 0 unspecified atom stereocenters. The van der Waals surface area contributed by atoms with Crippen LogP contribution in [0, 0.1) is 6.92 Å². The van der Waals surface area contributed by atoms with Crippen molar-refractivity contribution in [2.75, 3.05) is 11.9 Å². The van der Waals surface area contributed by atoms with E-state index in [-0.39, 0.29) is 0 Å². The third-order valence-electron chi connectivity index (χ3n) is 3.72. The molecule has 0 aromatic carbocycles. The zero-order valence-corrected chi connectivity index (χ0v) is 15.7. The number of hydrogen-bond donors (Lipinski definition) is 1. The molecule has 6 nitrogen and oxygen atoms in total. The van der Waals surface area contributed by atoms with Crippen LogP contribution in [0.2, 0.25) is 0 Å². The van der Waals surface area contributed by atoms with Gasteiger partial charge < -0.3 is 5.32 Å². The number of hydrogen-bond acceptors (Lipinski definition) is 8. The van der Waals surface area contributed by atoms with Crippen LogP contribution >= 0.6 is 22.7 Å². The van der Waals surface area contributed by atoms with Gasteiger partial charge in [-0.3, -0.25) is 9.97 Å². The highest BCUT2D eigenvalue weighted by molar-refractivity contribution is 7.13. The topological polar surface area (TPSA) is 76.5 Å². The molecule has 0 saturated heterocycles. The van der Waals surface area contributed by atoms with E-state index in [2.05, 4.69) is 42.1 Å². The summed E-state index contributed by atoms with van der Waals surface area (Å²) in [6, 6.07) is 2.08. The van der Waals surface area contributed by atoms with E-state index in [1.54, 1.807) is 41.3 Å². The van der Waals surface area contributed by atoms with Crippen LogP contribution in [0.1, 0.15) is 11.4 Å². The van der Waals surface area contributed by atoms with Gasteiger partial charge in [-0.25, -0.2) is 15.0 Å². The predicted octanol–water partition coefficient (Wildman–Crippen LogP) is 4.08. The molecule has 0 atom stereocenters. The van der Waals surface area contributed by atoms with E-state index in [1.165, 1.54) is 0 Å². The average Bonchev–Trinajstić information content (AvgIpc) is 3.34. The third-order valence-corrected chi connectivity index (χ3v) is 5.37. The SMILES string of the molecule is Cc1csc(-c2nc(NCCc3cnccn3)ncc2-c2ccsc2)n1. The number of rotatable bonds is 6. The molecule has 26 heavy (non-hydrogen) atoms. The van der Waals surface area contributed by atoms with E-state index in [0.717, 1.165) is 39.6 Å².